The molecule has 10 heteroatoms. The second kappa shape index (κ2) is 10.9. The maximum Gasteiger partial charge on any atom is 0.250 e. The zero-order valence-electron chi connectivity index (χ0n) is 24.1. The van der Waals surface area contributed by atoms with E-state index in [1.807, 2.05) is 40.7 Å². The molecule has 5 rings (SSSR count). The van der Waals surface area contributed by atoms with E-state index in [1.165, 1.54) is 4.90 Å². The van der Waals surface area contributed by atoms with Gasteiger partial charge in [-0.25, -0.2) is 0 Å². The average Bonchev–Trinajstić information content (AvgIpc) is 3.49. The van der Waals surface area contributed by atoms with Crippen molar-refractivity contribution in [2.75, 3.05) is 23.8 Å². The Kier molecular flexibility index (Phi) is 7.82. The van der Waals surface area contributed by atoms with Gasteiger partial charge in [0.05, 0.1) is 47.4 Å². The number of rotatable bonds is 9. The molecule has 0 radical (unpaired) electrons. The molecule has 2 aromatic rings. The predicted octanol–water partition coefficient (Wildman–Crippen LogP) is 4.41. The van der Waals surface area contributed by atoms with Crippen LogP contribution in [-0.4, -0.2) is 64.2 Å². The minimum Gasteiger partial charge on any atom is -0.494 e. The Morgan fingerprint density at radius 1 is 1.15 bits per heavy atom. The summed E-state index contributed by atoms with van der Waals surface area (Å²) < 4.78 is 12.2. The van der Waals surface area contributed by atoms with Crippen LogP contribution in [0.3, 0.4) is 0 Å². The van der Waals surface area contributed by atoms with Crippen molar-refractivity contribution in [3.8, 4) is 5.75 Å². The van der Waals surface area contributed by atoms with Crippen molar-refractivity contribution in [3.05, 3.63) is 53.1 Å². The minimum absolute atomic E-state index is 0.152. The lowest BCUT2D eigenvalue weighted by atomic mass is 9.66. The first-order valence-corrected chi connectivity index (χ1v) is 14.6. The minimum atomic E-state index is -1.23. The van der Waals surface area contributed by atoms with Gasteiger partial charge in [-0.05, 0) is 75.4 Å². The van der Waals surface area contributed by atoms with E-state index in [1.54, 1.807) is 36.4 Å². The molecule has 2 unspecified atom stereocenters. The number of anilines is 2. The number of nitrogens with zero attached hydrogens (tertiary/aromatic N) is 1. The van der Waals surface area contributed by atoms with Gasteiger partial charge in [-0.15, -0.1) is 0 Å². The SMILES string of the molecule is CCOc1ccc(NC(=O)[C@@H]2[C@H]3C(=O)N([C@@H](CO)C(C)C)C(C(=O)Nc4c(C)cccc4Cl)C34CC[C@@]2(C)O4)cc1. The number of ether oxygens (including phenoxy) is 2. The molecule has 3 aliphatic rings. The van der Waals surface area contributed by atoms with Gasteiger partial charge in [0.1, 0.15) is 17.4 Å². The van der Waals surface area contributed by atoms with Gasteiger partial charge in [-0.1, -0.05) is 37.6 Å². The van der Waals surface area contributed by atoms with E-state index >= 15 is 0 Å². The topological polar surface area (TPSA) is 117 Å². The Balaban J connectivity index is 1.52. The van der Waals surface area contributed by atoms with Gasteiger partial charge in [0.2, 0.25) is 17.7 Å². The maximum absolute atomic E-state index is 14.3. The summed E-state index contributed by atoms with van der Waals surface area (Å²) in [4.78, 5) is 43.9. The predicted molar refractivity (Wildman–Crippen MR) is 156 cm³/mol. The van der Waals surface area contributed by atoms with Crippen LogP contribution in [0, 0.1) is 24.7 Å². The first-order valence-electron chi connectivity index (χ1n) is 14.2. The highest BCUT2D eigenvalue weighted by Gasteiger charge is 2.78. The van der Waals surface area contributed by atoms with Crippen molar-refractivity contribution in [1.82, 2.24) is 4.90 Å². The number of aliphatic hydroxyl groups excluding tert-OH is 1. The number of aryl methyl sites for hydroxylation is 1. The molecular formula is C31H38ClN3O6. The van der Waals surface area contributed by atoms with Crippen molar-refractivity contribution in [3.63, 3.8) is 0 Å². The summed E-state index contributed by atoms with van der Waals surface area (Å²) in [6.45, 7) is 9.56. The Morgan fingerprint density at radius 2 is 1.85 bits per heavy atom. The van der Waals surface area contributed by atoms with E-state index in [0.717, 1.165) is 5.56 Å². The summed E-state index contributed by atoms with van der Waals surface area (Å²) in [6.07, 6.45) is 0.936. The lowest BCUT2D eigenvalue weighted by Crippen LogP contribution is -2.57. The van der Waals surface area contributed by atoms with Crippen LogP contribution in [0.1, 0.15) is 46.1 Å². The van der Waals surface area contributed by atoms with Crippen LogP contribution in [-0.2, 0) is 19.1 Å². The van der Waals surface area contributed by atoms with Crippen LogP contribution in [0.25, 0.3) is 0 Å². The summed E-state index contributed by atoms with van der Waals surface area (Å²) in [6, 6.07) is 10.7. The molecule has 2 bridgehead atoms. The van der Waals surface area contributed by atoms with Crippen molar-refractivity contribution >= 4 is 40.7 Å². The van der Waals surface area contributed by atoms with Gasteiger partial charge in [-0.3, -0.25) is 14.4 Å². The summed E-state index contributed by atoms with van der Waals surface area (Å²) in [5.74, 6) is -2.33. The molecule has 3 fully saturated rings. The molecule has 0 aliphatic carbocycles. The quantitative estimate of drug-likeness (QED) is 0.403. The number of likely N-dealkylation sites (tertiary alicyclic amines) is 1. The van der Waals surface area contributed by atoms with E-state index in [2.05, 4.69) is 10.6 Å². The summed E-state index contributed by atoms with van der Waals surface area (Å²) in [7, 11) is 0. The number of fused-ring (bicyclic) bond motifs is 1. The molecule has 220 valence electrons. The Bertz CT molecular complexity index is 1330. The number of carbonyl (C=O) groups is 3. The molecule has 0 aromatic heterocycles. The summed E-state index contributed by atoms with van der Waals surface area (Å²) >= 11 is 6.44. The van der Waals surface area contributed by atoms with E-state index < -0.39 is 41.0 Å². The van der Waals surface area contributed by atoms with Crippen LogP contribution < -0.4 is 15.4 Å². The van der Waals surface area contributed by atoms with E-state index in [4.69, 9.17) is 21.1 Å². The third kappa shape index (κ3) is 4.77. The zero-order chi connectivity index (χ0) is 29.7. The third-order valence-electron chi connectivity index (χ3n) is 8.96. The molecule has 3 heterocycles. The third-order valence-corrected chi connectivity index (χ3v) is 9.28. The normalized spacial score (nSPS) is 29.0. The first-order chi connectivity index (χ1) is 19.5. The number of benzene rings is 2. The molecule has 9 nitrogen and oxygen atoms in total. The molecule has 3 N–H and O–H groups in total. The van der Waals surface area contributed by atoms with E-state index in [-0.39, 0.29) is 24.3 Å². The number of aliphatic hydroxyl groups is 1. The molecule has 6 atom stereocenters. The Labute approximate surface area is 245 Å². The van der Waals surface area contributed by atoms with Gasteiger partial charge in [0.25, 0.3) is 0 Å². The molecule has 2 aromatic carbocycles. The second-order valence-electron chi connectivity index (χ2n) is 11.8. The number of amides is 3. The molecule has 3 saturated heterocycles. The molecule has 1 spiro atoms. The first kappa shape index (κ1) is 29.4. The lowest BCUT2D eigenvalue weighted by molar-refractivity contribution is -0.148. The lowest BCUT2D eigenvalue weighted by Gasteiger charge is -2.38. The second-order valence-corrected chi connectivity index (χ2v) is 12.2. The van der Waals surface area contributed by atoms with Gasteiger partial charge in [0, 0.05) is 5.69 Å². The highest BCUT2D eigenvalue weighted by molar-refractivity contribution is 6.34. The molecular weight excluding hydrogens is 546 g/mol. The van der Waals surface area contributed by atoms with Gasteiger partial charge < -0.3 is 30.1 Å². The van der Waals surface area contributed by atoms with Gasteiger partial charge in [-0.2, -0.15) is 0 Å². The van der Waals surface area contributed by atoms with Crippen LogP contribution in [0.2, 0.25) is 5.02 Å². The highest BCUT2D eigenvalue weighted by atomic mass is 35.5. The van der Waals surface area contributed by atoms with Crippen LogP contribution in [0.5, 0.6) is 5.75 Å². The highest BCUT2D eigenvalue weighted by Crippen LogP contribution is 2.63. The van der Waals surface area contributed by atoms with Crippen LogP contribution >= 0.6 is 11.6 Å². The van der Waals surface area contributed by atoms with Crippen molar-refractivity contribution in [2.45, 2.75) is 70.7 Å². The van der Waals surface area contributed by atoms with E-state index in [9.17, 15) is 19.5 Å². The summed E-state index contributed by atoms with van der Waals surface area (Å²) in [5, 5.41) is 16.7. The van der Waals surface area contributed by atoms with Crippen molar-refractivity contribution in [1.29, 1.82) is 0 Å². The number of nitrogens with one attached hydrogen (secondary N) is 2. The molecule has 0 saturated carbocycles. The van der Waals surface area contributed by atoms with Crippen LogP contribution in [0.15, 0.2) is 42.5 Å². The fourth-order valence-corrected chi connectivity index (χ4v) is 7.31. The van der Waals surface area contributed by atoms with Gasteiger partial charge in [0.15, 0.2) is 0 Å². The molecule has 3 aliphatic heterocycles. The van der Waals surface area contributed by atoms with Crippen molar-refractivity contribution in [2.24, 2.45) is 17.8 Å². The number of para-hydroxylation sites is 1. The average molecular weight is 584 g/mol. The van der Waals surface area contributed by atoms with E-state index in [0.29, 0.717) is 41.6 Å². The monoisotopic (exact) mass is 583 g/mol. The maximum atomic E-state index is 14.3. The van der Waals surface area contributed by atoms with Crippen molar-refractivity contribution < 1.29 is 29.0 Å². The molecule has 41 heavy (non-hydrogen) atoms. The Morgan fingerprint density at radius 3 is 2.46 bits per heavy atom. The number of hydrogen-bond donors (Lipinski definition) is 3. The van der Waals surface area contributed by atoms with Gasteiger partial charge >= 0.3 is 0 Å². The van der Waals surface area contributed by atoms with Crippen LogP contribution in [0.4, 0.5) is 11.4 Å². The number of carbonyl (C=O) groups excluding carboxylic acids is 3. The fraction of sp³-hybridized carbons (Fsp3) is 0.516. The standard InChI is InChI=1S/C31H38ClN3O6/c1-6-40-20-12-10-19(11-13-20)33-27(37)23-24-29(39)35(22(16-36)17(2)3)26(31(24)15-14-30(23,5)41-31)28(38)34-25-18(4)8-7-9-21(25)32/h7-13,17,22-24,26,36H,6,14-16H2,1-5H3,(H,33,37)(H,34,38)/t22-,23-,24-,26?,30+,31?/m0/s1. The smallest absolute Gasteiger partial charge is 0.250 e. The molecule has 3 amide bonds. The number of hydrogen-bond acceptors (Lipinski definition) is 6. The summed E-state index contributed by atoms with van der Waals surface area (Å²) in [5.41, 5.74) is -0.365. The largest absolute Gasteiger partial charge is 0.494 e. The number of halogens is 1. The fourth-order valence-electron chi connectivity index (χ4n) is 7.04. The zero-order valence-corrected chi connectivity index (χ0v) is 24.8. The Hall–Kier alpha value is -3.14.